The number of hydrogen-bond donors (Lipinski definition) is 3. The van der Waals surface area contributed by atoms with Crippen molar-refractivity contribution < 1.29 is 57.8 Å². The Bertz CT molecular complexity index is 2380. The Balaban J connectivity index is 1.53. The van der Waals surface area contributed by atoms with Gasteiger partial charge in [0.05, 0.1) is 23.6 Å². The molecule has 1 atom stereocenters. The van der Waals surface area contributed by atoms with Gasteiger partial charge in [-0.15, -0.1) is 0 Å². The first-order valence-electron chi connectivity index (χ1n) is 16.3. The number of halogens is 2. The maximum atomic E-state index is 16.3. The van der Waals surface area contributed by atoms with Crippen molar-refractivity contribution in [2.45, 2.75) is 67.9 Å². The van der Waals surface area contributed by atoms with E-state index in [4.69, 9.17) is 18.9 Å². The Hall–Kier alpha value is -5.67. The van der Waals surface area contributed by atoms with E-state index in [-0.39, 0.29) is 71.7 Å². The number of methoxy groups -OCH3 is 1. The molecule has 1 heterocycles. The third-order valence-electron chi connectivity index (χ3n) is 9.97. The molecule has 3 N–H and O–H groups in total. The van der Waals surface area contributed by atoms with E-state index >= 15 is 4.39 Å². The van der Waals surface area contributed by atoms with E-state index in [0.717, 1.165) is 12.2 Å². The SMILES string of the molecule is COC1=CC(=O)C=C(C)[C@]1(O)C(=O)Oc1c(C)c(C)c(C(=O)Oc2c(F)c(C)c3c(Oc4c(C)c(C)c(C(=O)O)c(C)c4C)ncnc3c2C)c(O)c1Br. The summed E-state index contributed by atoms with van der Waals surface area (Å²) in [6.07, 6.45) is 3.19. The number of aromatic carboxylic acids is 1. The van der Waals surface area contributed by atoms with Gasteiger partial charge in [0.2, 0.25) is 11.5 Å². The zero-order chi connectivity index (χ0) is 40.3. The minimum absolute atomic E-state index is 0.00749. The minimum atomic E-state index is -2.46. The molecule has 54 heavy (non-hydrogen) atoms. The molecule has 1 aliphatic rings. The van der Waals surface area contributed by atoms with E-state index in [1.165, 1.54) is 48.1 Å². The standard InChI is InChI=1S/C39H36BrFN2O11/c1-14-11-23(44)12-24(51-10)39(14,50)38(49)54-33-20(7)17(4)27(31(45)28(33)40)37(48)53-34-22(9)30-26(21(8)29(34)41)35(43-13-42-30)52-32-18(5)15(2)25(36(46)47)16(3)19(32)6/h11-13,45,50H,1-10H3,(H,46,47)/t39-/m1/s1. The van der Waals surface area contributed by atoms with Gasteiger partial charge in [-0.25, -0.2) is 28.7 Å². The quantitative estimate of drug-likeness (QED) is 0.121. The number of carbonyl (C=O) groups is 4. The Kier molecular flexibility index (Phi) is 10.5. The fourth-order valence-electron chi connectivity index (χ4n) is 6.45. The Morgan fingerprint density at radius 2 is 1.35 bits per heavy atom. The number of ketones is 1. The van der Waals surface area contributed by atoms with Gasteiger partial charge >= 0.3 is 17.9 Å². The fourth-order valence-corrected chi connectivity index (χ4v) is 7.02. The van der Waals surface area contributed by atoms with Gasteiger partial charge in [-0.1, -0.05) is 0 Å². The van der Waals surface area contributed by atoms with Crippen molar-refractivity contribution in [3.8, 4) is 28.9 Å². The Morgan fingerprint density at radius 3 is 1.93 bits per heavy atom. The van der Waals surface area contributed by atoms with Crippen molar-refractivity contribution in [1.29, 1.82) is 0 Å². The first-order chi connectivity index (χ1) is 25.2. The minimum Gasteiger partial charge on any atom is -0.506 e. The molecular weight excluding hydrogens is 771 g/mol. The van der Waals surface area contributed by atoms with Crippen LogP contribution in [-0.4, -0.2) is 61.7 Å². The highest BCUT2D eigenvalue weighted by molar-refractivity contribution is 9.10. The molecule has 4 aromatic rings. The van der Waals surface area contributed by atoms with Crippen molar-refractivity contribution in [1.82, 2.24) is 9.97 Å². The fraction of sp³-hybridized carbons (Fsp3) is 0.282. The summed E-state index contributed by atoms with van der Waals surface area (Å²) in [5, 5.41) is 32.4. The lowest BCUT2D eigenvalue weighted by atomic mass is 9.87. The van der Waals surface area contributed by atoms with Crippen LogP contribution in [0.3, 0.4) is 0 Å². The average Bonchev–Trinajstić information content (AvgIpc) is 3.12. The number of rotatable bonds is 8. The molecule has 282 valence electrons. The summed E-state index contributed by atoms with van der Waals surface area (Å²) in [4.78, 5) is 59.6. The number of ether oxygens (including phenoxy) is 4. The molecule has 0 fully saturated rings. The second-order valence-corrected chi connectivity index (χ2v) is 13.7. The highest BCUT2D eigenvalue weighted by Crippen LogP contribution is 2.45. The van der Waals surface area contributed by atoms with E-state index in [0.29, 0.717) is 28.0 Å². The van der Waals surface area contributed by atoms with Crippen LogP contribution in [0.2, 0.25) is 0 Å². The molecule has 0 saturated carbocycles. The number of hydrogen-bond acceptors (Lipinski definition) is 12. The van der Waals surface area contributed by atoms with E-state index in [2.05, 4.69) is 25.9 Å². The number of aromatic nitrogens is 2. The number of carboxylic acid groups (broad SMARTS) is 1. The van der Waals surface area contributed by atoms with E-state index in [9.17, 15) is 34.5 Å². The summed E-state index contributed by atoms with van der Waals surface area (Å²) in [5.41, 5.74) is -0.0517. The highest BCUT2D eigenvalue weighted by atomic mass is 79.9. The number of aliphatic hydroxyl groups is 1. The lowest BCUT2D eigenvalue weighted by Gasteiger charge is -2.30. The number of phenols is 1. The predicted molar refractivity (Wildman–Crippen MR) is 196 cm³/mol. The van der Waals surface area contributed by atoms with E-state index in [1.807, 2.05) is 0 Å². The number of allylic oxidation sites excluding steroid dienone is 2. The van der Waals surface area contributed by atoms with Crippen LogP contribution in [-0.2, 0) is 14.3 Å². The van der Waals surface area contributed by atoms with Crippen LogP contribution in [0.5, 0.6) is 28.9 Å². The number of fused-ring (bicyclic) bond motifs is 1. The van der Waals surface area contributed by atoms with Crippen molar-refractivity contribution in [3.63, 3.8) is 0 Å². The second-order valence-electron chi connectivity index (χ2n) is 13.0. The van der Waals surface area contributed by atoms with Crippen LogP contribution in [0.15, 0.2) is 34.3 Å². The molecule has 0 saturated heterocycles. The van der Waals surface area contributed by atoms with Crippen LogP contribution in [0.25, 0.3) is 10.9 Å². The van der Waals surface area contributed by atoms with E-state index in [1.54, 1.807) is 27.7 Å². The first-order valence-corrected chi connectivity index (χ1v) is 17.1. The van der Waals surface area contributed by atoms with Gasteiger partial charge in [-0.05, 0) is 123 Å². The number of aromatic hydroxyl groups is 1. The summed E-state index contributed by atoms with van der Waals surface area (Å²) in [6, 6.07) is 0. The summed E-state index contributed by atoms with van der Waals surface area (Å²) >= 11 is 3.17. The number of carbonyl (C=O) groups excluding carboxylic acids is 3. The molecule has 0 bridgehead atoms. The lowest BCUT2D eigenvalue weighted by Crippen LogP contribution is -2.47. The van der Waals surface area contributed by atoms with Crippen molar-refractivity contribution >= 4 is 50.5 Å². The maximum absolute atomic E-state index is 16.3. The molecule has 0 radical (unpaired) electrons. The van der Waals surface area contributed by atoms with Crippen LogP contribution in [0.4, 0.5) is 4.39 Å². The molecule has 15 heteroatoms. The number of aryl methyl sites for hydroxylation is 2. The van der Waals surface area contributed by atoms with Gasteiger partial charge in [0, 0.05) is 17.2 Å². The molecule has 0 aliphatic heterocycles. The Morgan fingerprint density at radius 1 is 0.778 bits per heavy atom. The zero-order valence-corrected chi connectivity index (χ0v) is 32.6. The highest BCUT2D eigenvalue weighted by Gasteiger charge is 2.48. The maximum Gasteiger partial charge on any atom is 0.356 e. The van der Waals surface area contributed by atoms with Crippen LogP contribution >= 0.6 is 15.9 Å². The third-order valence-corrected chi connectivity index (χ3v) is 10.7. The molecule has 1 aliphatic carbocycles. The van der Waals surface area contributed by atoms with Crippen LogP contribution in [0.1, 0.15) is 72.1 Å². The van der Waals surface area contributed by atoms with E-state index < -0.39 is 46.6 Å². The van der Waals surface area contributed by atoms with Gasteiger partial charge in [0.15, 0.2) is 23.1 Å². The number of benzene rings is 3. The first kappa shape index (κ1) is 39.5. The largest absolute Gasteiger partial charge is 0.506 e. The topological polar surface area (TPSA) is 192 Å². The van der Waals surface area contributed by atoms with Gasteiger partial charge in [-0.3, -0.25) is 4.79 Å². The number of nitrogens with zero attached hydrogens (tertiary/aromatic N) is 2. The lowest BCUT2D eigenvalue weighted by molar-refractivity contribution is -0.151. The predicted octanol–water partition coefficient (Wildman–Crippen LogP) is 7.11. The average molecular weight is 808 g/mol. The summed E-state index contributed by atoms with van der Waals surface area (Å²) in [6.45, 7) is 13.9. The third kappa shape index (κ3) is 6.16. The monoisotopic (exact) mass is 806 g/mol. The van der Waals surface area contributed by atoms with Gasteiger partial charge < -0.3 is 34.3 Å². The molecule has 3 aromatic carbocycles. The van der Waals surface area contributed by atoms with Crippen LogP contribution < -0.4 is 14.2 Å². The van der Waals surface area contributed by atoms with Crippen LogP contribution in [0, 0.1) is 61.2 Å². The number of esters is 2. The molecule has 0 amide bonds. The zero-order valence-electron chi connectivity index (χ0n) is 31.0. The normalized spacial score (nSPS) is 15.5. The summed E-state index contributed by atoms with van der Waals surface area (Å²) < 4.78 is 38.5. The summed E-state index contributed by atoms with van der Waals surface area (Å²) in [7, 11) is 1.17. The molecule has 1 aromatic heterocycles. The van der Waals surface area contributed by atoms with Crippen molar-refractivity contribution in [2.75, 3.05) is 7.11 Å². The summed E-state index contributed by atoms with van der Waals surface area (Å²) in [5.74, 6) is -6.37. The molecule has 0 unspecified atom stereocenters. The molecule has 0 spiro atoms. The van der Waals surface area contributed by atoms with Gasteiger partial charge in [0.1, 0.15) is 33.6 Å². The van der Waals surface area contributed by atoms with Crippen molar-refractivity contribution in [3.05, 3.63) is 95.7 Å². The Labute approximate surface area is 317 Å². The van der Waals surface area contributed by atoms with Gasteiger partial charge in [0.25, 0.3) is 0 Å². The smallest absolute Gasteiger partial charge is 0.356 e. The number of phenolic OH excluding ortho intramolecular Hbond substituents is 1. The molecule has 5 rings (SSSR count). The number of carboxylic acids is 1. The molecular formula is C39H36BrFN2O11. The second kappa shape index (κ2) is 14.3. The van der Waals surface area contributed by atoms with Gasteiger partial charge in [-0.2, -0.15) is 0 Å². The van der Waals surface area contributed by atoms with Crippen molar-refractivity contribution in [2.24, 2.45) is 0 Å². The molecule has 13 nitrogen and oxygen atoms in total.